The van der Waals surface area contributed by atoms with Crippen molar-refractivity contribution in [3.63, 3.8) is 0 Å². The Balaban J connectivity index is 1.37. The van der Waals surface area contributed by atoms with Crippen molar-refractivity contribution in [2.75, 3.05) is 32.0 Å². The summed E-state index contributed by atoms with van der Waals surface area (Å²) in [7, 11) is 1.68. The Morgan fingerprint density at radius 2 is 2.14 bits per heavy atom. The molecule has 1 unspecified atom stereocenters. The molecule has 0 radical (unpaired) electrons. The maximum absolute atomic E-state index is 11.8. The SMILES string of the molecule is CNC(=O)N1CCCC(CCNc2nccc(-n3cnc4ccccc43)n2)C1. The van der Waals surface area contributed by atoms with Crippen LogP contribution in [0.4, 0.5) is 10.7 Å². The Bertz CT molecular complexity index is 954. The van der Waals surface area contributed by atoms with Crippen molar-refractivity contribution in [1.82, 2.24) is 29.7 Å². The third kappa shape index (κ3) is 3.90. The fraction of sp³-hybridized carbons (Fsp3) is 0.400. The molecular formula is C20H25N7O. The van der Waals surface area contributed by atoms with Crippen molar-refractivity contribution in [2.24, 2.45) is 5.92 Å². The second-order valence-corrected chi connectivity index (χ2v) is 7.07. The van der Waals surface area contributed by atoms with Crippen LogP contribution in [0, 0.1) is 5.92 Å². The van der Waals surface area contributed by atoms with Gasteiger partial charge in [0, 0.05) is 32.9 Å². The molecule has 1 atom stereocenters. The fourth-order valence-corrected chi connectivity index (χ4v) is 3.74. The van der Waals surface area contributed by atoms with Crippen LogP contribution in [0.1, 0.15) is 19.3 Å². The summed E-state index contributed by atoms with van der Waals surface area (Å²) >= 11 is 0. The molecule has 3 heterocycles. The van der Waals surface area contributed by atoms with Crippen LogP contribution < -0.4 is 10.6 Å². The van der Waals surface area contributed by atoms with Gasteiger partial charge in [-0.3, -0.25) is 4.57 Å². The van der Waals surface area contributed by atoms with E-state index in [1.807, 2.05) is 39.8 Å². The molecule has 2 amide bonds. The Morgan fingerprint density at radius 3 is 3.04 bits per heavy atom. The number of imidazole rings is 1. The first kappa shape index (κ1) is 18.2. The normalized spacial score (nSPS) is 16.9. The summed E-state index contributed by atoms with van der Waals surface area (Å²) in [6.07, 6.45) is 6.73. The lowest BCUT2D eigenvalue weighted by molar-refractivity contribution is 0.165. The second-order valence-electron chi connectivity index (χ2n) is 7.07. The topological polar surface area (TPSA) is 88.0 Å². The molecule has 3 aromatic rings. The number of piperidine rings is 1. The number of benzene rings is 1. The smallest absolute Gasteiger partial charge is 0.317 e. The molecule has 0 spiro atoms. The first-order chi connectivity index (χ1) is 13.7. The number of carbonyl (C=O) groups excluding carboxylic acids is 1. The molecule has 8 nitrogen and oxygen atoms in total. The molecule has 0 bridgehead atoms. The van der Waals surface area contributed by atoms with Gasteiger partial charge in [-0.2, -0.15) is 4.98 Å². The van der Waals surface area contributed by atoms with Crippen LogP contribution in [0.15, 0.2) is 42.9 Å². The number of nitrogens with one attached hydrogen (secondary N) is 2. The van der Waals surface area contributed by atoms with E-state index >= 15 is 0 Å². The highest BCUT2D eigenvalue weighted by Crippen LogP contribution is 2.20. The predicted molar refractivity (Wildman–Crippen MR) is 109 cm³/mol. The number of hydrogen-bond donors (Lipinski definition) is 2. The minimum absolute atomic E-state index is 0.0150. The van der Waals surface area contributed by atoms with Gasteiger partial charge >= 0.3 is 6.03 Å². The van der Waals surface area contributed by atoms with E-state index in [2.05, 4.69) is 25.6 Å². The molecule has 146 valence electrons. The molecule has 1 saturated heterocycles. The number of nitrogens with zero attached hydrogens (tertiary/aromatic N) is 5. The minimum atomic E-state index is 0.0150. The third-order valence-corrected chi connectivity index (χ3v) is 5.20. The van der Waals surface area contributed by atoms with Crippen molar-refractivity contribution in [3.05, 3.63) is 42.9 Å². The maximum atomic E-state index is 11.8. The van der Waals surface area contributed by atoms with Gasteiger partial charge < -0.3 is 15.5 Å². The van der Waals surface area contributed by atoms with Gasteiger partial charge in [0.05, 0.1) is 11.0 Å². The molecule has 1 aromatic carbocycles. The highest BCUT2D eigenvalue weighted by molar-refractivity contribution is 5.76. The van der Waals surface area contributed by atoms with Crippen LogP contribution in [-0.2, 0) is 0 Å². The molecule has 1 aliphatic heterocycles. The number of carbonyl (C=O) groups is 1. The molecule has 1 aliphatic rings. The van der Waals surface area contributed by atoms with Crippen molar-refractivity contribution in [3.8, 4) is 5.82 Å². The number of amides is 2. The van der Waals surface area contributed by atoms with Gasteiger partial charge in [-0.15, -0.1) is 0 Å². The lowest BCUT2D eigenvalue weighted by Gasteiger charge is -2.32. The molecule has 1 fully saturated rings. The Kier molecular flexibility index (Phi) is 5.36. The molecule has 2 aromatic heterocycles. The van der Waals surface area contributed by atoms with Gasteiger partial charge in [-0.25, -0.2) is 14.8 Å². The first-order valence-electron chi connectivity index (χ1n) is 9.70. The third-order valence-electron chi connectivity index (χ3n) is 5.20. The van der Waals surface area contributed by atoms with E-state index in [0.29, 0.717) is 11.9 Å². The standard InChI is InChI=1S/C20H25N7O/c1-21-20(28)26-12-4-5-15(13-26)8-10-22-19-23-11-9-18(25-19)27-14-24-16-6-2-3-7-17(16)27/h2-3,6-7,9,11,14-15H,4-5,8,10,12-13H2,1H3,(H,21,28)(H,22,23,25). The molecule has 0 aliphatic carbocycles. The maximum Gasteiger partial charge on any atom is 0.317 e. The summed E-state index contributed by atoms with van der Waals surface area (Å²) < 4.78 is 1.96. The van der Waals surface area contributed by atoms with Crippen LogP contribution >= 0.6 is 0 Å². The van der Waals surface area contributed by atoms with Crippen LogP contribution in [0.5, 0.6) is 0 Å². The van der Waals surface area contributed by atoms with Gasteiger partial charge in [0.25, 0.3) is 0 Å². The highest BCUT2D eigenvalue weighted by Gasteiger charge is 2.22. The number of anilines is 1. The van der Waals surface area contributed by atoms with Crippen molar-refractivity contribution >= 4 is 23.0 Å². The minimum Gasteiger partial charge on any atom is -0.354 e. The van der Waals surface area contributed by atoms with E-state index in [9.17, 15) is 4.79 Å². The molecule has 8 heteroatoms. The van der Waals surface area contributed by atoms with Gasteiger partial charge in [0.15, 0.2) is 0 Å². The Morgan fingerprint density at radius 1 is 1.25 bits per heavy atom. The monoisotopic (exact) mass is 379 g/mol. The second kappa shape index (κ2) is 8.24. The zero-order valence-corrected chi connectivity index (χ0v) is 16.0. The summed E-state index contributed by atoms with van der Waals surface area (Å²) in [6.45, 7) is 2.43. The van der Waals surface area contributed by atoms with Gasteiger partial charge in [-0.05, 0) is 43.4 Å². The van der Waals surface area contributed by atoms with E-state index < -0.39 is 0 Å². The van der Waals surface area contributed by atoms with Crippen LogP contribution in [0.25, 0.3) is 16.9 Å². The summed E-state index contributed by atoms with van der Waals surface area (Å²) in [4.78, 5) is 27.1. The molecule has 2 N–H and O–H groups in total. The molecule has 28 heavy (non-hydrogen) atoms. The van der Waals surface area contributed by atoms with E-state index in [0.717, 1.165) is 55.7 Å². The Hall–Kier alpha value is -3.16. The van der Waals surface area contributed by atoms with Gasteiger partial charge in [-0.1, -0.05) is 12.1 Å². The average Bonchev–Trinajstić information content (AvgIpc) is 3.18. The van der Waals surface area contributed by atoms with E-state index in [-0.39, 0.29) is 6.03 Å². The molecule has 4 rings (SSSR count). The summed E-state index contributed by atoms with van der Waals surface area (Å²) in [6, 6.07) is 9.87. The fourth-order valence-electron chi connectivity index (χ4n) is 3.74. The number of urea groups is 1. The van der Waals surface area contributed by atoms with Crippen LogP contribution in [0.3, 0.4) is 0 Å². The van der Waals surface area contributed by atoms with Crippen LogP contribution in [-0.4, -0.2) is 57.1 Å². The lowest BCUT2D eigenvalue weighted by atomic mass is 9.95. The summed E-state index contributed by atoms with van der Waals surface area (Å²) in [5.41, 5.74) is 1.96. The average molecular weight is 379 g/mol. The predicted octanol–water partition coefficient (Wildman–Crippen LogP) is 2.67. The van der Waals surface area contributed by atoms with Gasteiger partial charge in [0.1, 0.15) is 12.1 Å². The number of aromatic nitrogens is 4. The quantitative estimate of drug-likeness (QED) is 0.712. The lowest BCUT2D eigenvalue weighted by Crippen LogP contribution is -2.44. The van der Waals surface area contributed by atoms with E-state index in [1.165, 1.54) is 0 Å². The van der Waals surface area contributed by atoms with Crippen LogP contribution in [0.2, 0.25) is 0 Å². The van der Waals surface area contributed by atoms with Crippen molar-refractivity contribution in [1.29, 1.82) is 0 Å². The number of fused-ring (bicyclic) bond motifs is 1. The van der Waals surface area contributed by atoms with E-state index in [4.69, 9.17) is 0 Å². The zero-order chi connectivity index (χ0) is 19.3. The number of rotatable bonds is 5. The molecular weight excluding hydrogens is 354 g/mol. The number of hydrogen-bond acceptors (Lipinski definition) is 5. The molecule has 0 saturated carbocycles. The van der Waals surface area contributed by atoms with Crippen molar-refractivity contribution in [2.45, 2.75) is 19.3 Å². The number of likely N-dealkylation sites (tertiary alicyclic amines) is 1. The Labute approximate surface area is 164 Å². The van der Waals surface area contributed by atoms with Gasteiger partial charge in [0.2, 0.25) is 5.95 Å². The zero-order valence-electron chi connectivity index (χ0n) is 16.0. The summed E-state index contributed by atoms with van der Waals surface area (Å²) in [5, 5.41) is 6.04. The van der Waals surface area contributed by atoms with Crippen molar-refractivity contribution < 1.29 is 4.79 Å². The first-order valence-corrected chi connectivity index (χ1v) is 9.70. The number of para-hydroxylation sites is 2. The van der Waals surface area contributed by atoms with E-state index in [1.54, 1.807) is 19.6 Å². The largest absolute Gasteiger partial charge is 0.354 e. The summed E-state index contributed by atoms with van der Waals surface area (Å²) in [5.74, 6) is 1.89. The highest BCUT2D eigenvalue weighted by atomic mass is 16.2.